The van der Waals surface area contributed by atoms with E-state index in [0.717, 1.165) is 18.2 Å². The van der Waals surface area contributed by atoms with Crippen LogP contribution in [0.3, 0.4) is 0 Å². The summed E-state index contributed by atoms with van der Waals surface area (Å²) in [5.74, 6) is 2.46. The molecule has 0 aliphatic rings. The van der Waals surface area contributed by atoms with Crippen molar-refractivity contribution >= 4 is 5.82 Å². The van der Waals surface area contributed by atoms with Crippen molar-refractivity contribution in [2.24, 2.45) is 0 Å². The van der Waals surface area contributed by atoms with Gasteiger partial charge in [-0.25, -0.2) is 9.97 Å². The van der Waals surface area contributed by atoms with E-state index in [-0.39, 0.29) is 0 Å². The van der Waals surface area contributed by atoms with E-state index in [1.54, 1.807) is 6.20 Å². The number of rotatable bonds is 4. The molecule has 0 bridgehead atoms. The summed E-state index contributed by atoms with van der Waals surface area (Å²) < 4.78 is 2.17. The van der Waals surface area contributed by atoms with E-state index in [2.05, 4.69) is 39.8 Å². The average molecular weight is 230 g/mol. The molecule has 0 fully saturated rings. The van der Waals surface area contributed by atoms with Gasteiger partial charge in [0.25, 0.3) is 0 Å². The molecular weight excluding hydrogens is 212 g/mol. The molecule has 0 radical (unpaired) electrons. The lowest BCUT2D eigenvalue weighted by molar-refractivity contribution is 0.669. The maximum absolute atomic E-state index is 4.39. The first kappa shape index (κ1) is 11.6. The average Bonchev–Trinajstić information content (AvgIpc) is 2.78. The summed E-state index contributed by atoms with van der Waals surface area (Å²) in [4.78, 5) is 8.70. The van der Waals surface area contributed by atoms with Gasteiger partial charge >= 0.3 is 0 Å². The Balaban J connectivity index is 2.28. The predicted octanol–water partition coefficient (Wildman–Crippen LogP) is 2.49. The first-order valence-corrected chi connectivity index (χ1v) is 5.85. The first-order chi connectivity index (χ1) is 8.22. The summed E-state index contributed by atoms with van der Waals surface area (Å²) in [5, 5.41) is 3.11. The molecule has 0 saturated heterocycles. The quantitative estimate of drug-likeness (QED) is 0.877. The van der Waals surface area contributed by atoms with Crippen LogP contribution in [0, 0.1) is 0 Å². The zero-order valence-electron chi connectivity index (χ0n) is 10.5. The molecule has 4 nitrogen and oxygen atoms in total. The number of nitrogens with one attached hydrogen (secondary N) is 1. The molecule has 90 valence electrons. The van der Waals surface area contributed by atoms with Crippen molar-refractivity contribution in [2.45, 2.75) is 26.3 Å². The molecule has 17 heavy (non-hydrogen) atoms. The summed E-state index contributed by atoms with van der Waals surface area (Å²) in [5.41, 5.74) is 1.18. The van der Waals surface area contributed by atoms with Gasteiger partial charge < -0.3 is 9.88 Å². The molecule has 1 N–H and O–H groups in total. The second-order valence-corrected chi connectivity index (χ2v) is 4.33. The van der Waals surface area contributed by atoms with Gasteiger partial charge in [-0.1, -0.05) is 19.9 Å². The van der Waals surface area contributed by atoms with Crippen molar-refractivity contribution in [3.05, 3.63) is 42.1 Å². The lowest BCUT2D eigenvalue weighted by atomic mass is 10.2. The zero-order chi connectivity index (χ0) is 12.3. The van der Waals surface area contributed by atoms with Crippen LogP contribution in [0.25, 0.3) is 0 Å². The fourth-order valence-electron chi connectivity index (χ4n) is 1.93. The fourth-order valence-corrected chi connectivity index (χ4v) is 1.93. The van der Waals surface area contributed by atoms with Crippen molar-refractivity contribution in [3.8, 4) is 0 Å². The molecule has 0 aliphatic carbocycles. The van der Waals surface area contributed by atoms with Crippen molar-refractivity contribution in [1.29, 1.82) is 0 Å². The molecule has 0 aliphatic heterocycles. The smallest absolute Gasteiger partial charge is 0.130 e. The highest BCUT2D eigenvalue weighted by atomic mass is 15.1. The van der Waals surface area contributed by atoms with Crippen LogP contribution in [-0.4, -0.2) is 21.6 Å². The fraction of sp³-hybridized carbons (Fsp3) is 0.385. The molecule has 2 aromatic heterocycles. The molecule has 0 spiro atoms. The Hall–Kier alpha value is -1.84. The number of pyridine rings is 1. The minimum atomic E-state index is 0.430. The molecule has 2 aromatic rings. The standard InChI is InChI=1S/C13H18N4/c1-10(2)13-16-7-8-17(13)9-11-5-4-6-15-12(11)14-3/h4-8,10H,9H2,1-3H3,(H,14,15). The molecular formula is C13H18N4. The second kappa shape index (κ2) is 4.99. The highest BCUT2D eigenvalue weighted by Gasteiger charge is 2.09. The Kier molecular flexibility index (Phi) is 3.42. The summed E-state index contributed by atoms with van der Waals surface area (Å²) >= 11 is 0. The Bertz CT molecular complexity index is 488. The SMILES string of the molecule is CNc1ncccc1Cn1ccnc1C(C)C. The second-order valence-electron chi connectivity index (χ2n) is 4.33. The maximum atomic E-state index is 4.39. The highest BCUT2D eigenvalue weighted by Crippen LogP contribution is 2.17. The van der Waals surface area contributed by atoms with Crippen LogP contribution in [0.5, 0.6) is 0 Å². The topological polar surface area (TPSA) is 42.7 Å². The Morgan fingerprint density at radius 1 is 1.29 bits per heavy atom. The molecule has 0 atom stereocenters. The maximum Gasteiger partial charge on any atom is 0.130 e. The van der Waals surface area contributed by atoms with Crippen molar-refractivity contribution in [2.75, 3.05) is 12.4 Å². The molecule has 2 rings (SSSR count). The van der Waals surface area contributed by atoms with Crippen LogP contribution in [0.15, 0.2) is 30.7 Å². The molecule has 0 aromatic carbocycles. The number of aromatic nitrogens is 3. The van der Waals surface area contributed by atoms with Crippen LogP contribution in [0.4, 0.5) is 5.82 Å². The van der Waals surface area contributed by atoms with Crippen molar-refractivity contribution in [1.82, 2.24) is 14.5 Å². The van der Waals surface area contributed by atoms with Gasteiger partial charge in [-0.3, -0.25) is 0 Å². The van der Waals surface area contributed by atoms with E-state index < -0.39 is 0 Å². The van der Waals surface area contributed by atoms with Gasteiger partial charge in [0.05, 0.1) is 6.54 Å². The summed E-state index contributed by atoms with van der Waals surface area (Å²) in [6, 6.07) is 4.05. The number of hydrogen-bond acceptors (Lipinski definition) is 3. The number of anilines is 1. The van der Waals surface area contributed by atoms with Crippen molar-refractivity contribution in [3.63, 3.8) is 0 Å². The van der Waals surface area contributed by atoms with E-state index in [0.29, 0.717) is 5.92 Å². The Morgan fingerprint density at radius 3 is 2.82 bits per heavy atom. The normalized spacial score (nSPS) is 10.8. The summed E-state index contributed by atoms with van der Waals surface area (Å²) in [6.45, 7) is 5.11. The number of imidazole rings is 1. The molecule has 2 heterocycles. The van der Waals surface area contributed by atoms with Crippen LogP contribution >= 0.6 is 0 Å². The lowest BCUT2D eigenvalue weighted by Gasteiger charge is -2.12. The van der Waals surface area contributed by atoms with Crippen LogP contribution in [0.2, 0.25) is 0 Å². The summed E-state index contributed by atoms with van der Waals surface area (Å²) in [7, 11) is 1.89. The minimum Gasteiger partial charge on any atom is -0.373 e. The van der Waals surface area contributed by atoms with E-state index in [1.807, 2.05) is 25.5 Å². The third-order valence-corrected chi connectivity index (χ3v) is 2.73. The van der Waals surface area contributed by atoms with Gasteiger partial charge in [-0.15, -0.1) is 0 Å². The van der Waals surface area contributed by atoms with Gasteiger partial charge in [-0.05, 0) is 6.07 Å². The van der Waals surface area contributed by atoms with E-state index in [4.69, 9.17) is 0 Å². The van der Waals surface area contributed by atoms with E-state index in [1.165, 1.54) is 5.56 Å². The number of nitrogens with zero attached hydrogens (tertiary/aromatic N) is 3. The lowest BCUT2D eigenvalue weighted by Crippen LogP contribution is -2.08. The Morgan fingerprint density at radius 2 is 2.12 bits per heavy atom. The van der Waals surface area contributed by atoms with Crippen LogP contribution < -0.4 is 5.32 Å². The van der Waals surface area contributed by atoms with E-state index >= 15 is 0 Å². The predicted molar refractivity (Wildman–Crippen MR) is 69.2 cm³/mol. The largest absolute Gasteiger partial charge is 0.373 e. The van der Waals surface area contributed by atoms with Crippen molar-refractivity contribution < 1.29 is 0 Å². The Labute approximate surface area is 102 Å². The molecule has 0 saturated carbocycles. The zero-order valence-corrected chi connectivity index (χ0v) is 10.5. The van der Waals surface area contributed by atoms with Gasteiger partial charge in [0.1, 0.15) is 11.6 Å². The third-order valence-electron chi connectivity index (χ3n) is 2.73. The van der Waals surface area contributed by atoms with Crippen LogP contribution in [0.1, 0.15) is 31.2 Å². The third kappa shape index (κ3) is 2.46. The summed E-state index contributed by atoms with van der Waals surface area (Å²) in [6.07, 6.45) is 5.67. The molecule has 0 unspecified atom stereocenters. The highest BCUT2D eigenvalue weighted by molar-refractivity contribution is 5.43. The molecule has 0 amide bonds. The molecule has 4 heteroatoms. The minimum absolute atomic E-state index is 0.430. The number of hydrogen-bond donors (Lipinski definition) is 1. The van der Waals surface area contributed by atoms with E-state index in [9.17, 15) is 0 Å². The first-order valence-electron chi connectivity index (χ1n) is 5.85. The van der Waals surface area contributed by atoms with Gasteiger partial charge in [0, 0.05) is 37.1 Å². The van der Waals surface area contributed by atoms with Crippen LogP contribution in [-0.2, 0) is 6.54 Å². The van der Waals surface area contributed by atoms with Gasteiger partial charge in [0.15, 0.2) is 0 Å². The van der Waals surface area contributed by atoms with Gasteiger partial charge in [0.2, 0.25) is 0 Å². The monoisotopic (exact) mass is 230 g/mol. The van der Waals surface area contributed by atoms with Gasteiger partial charge in [-0.2, -0.15) is 0 Å².